The Morgan fingerprint density at radius 3 is 1.73 bits per heavy atom. The fourth-order valence-electron chi connectivity index (χ4n) is 3.02. The fraction of sp³-hybridized carbons (Fsp3) is 0.655. The van der Waals surface area contributed by atoms with Gasteiger partial charge in [-0.15, -0.1) is 0 Å². The Bertz CT molecular complexity index is 1060. The first kappa shape index (κ1) is 34.7. The number of hydrogen-bond acceptors (Lipinski definition) is 11. The van der Waals surface area contributed by atoms with Crippen LogP contribution in [0, 0.1) is 5.41 Å². The van der Waals surface area contributed by atoms with Crippen molar-refractivity contribution in [3.63, 3.8) is 0 Å². The highest BCUT2D eigenvalue weighted by Gasteiger charge is 2.37. The van der Waals surface area contributed by atoms with Gasteiger partial charge in [0.25, 0.3) is 0 Å². The number of ether oxygens (including phenoxy) is 6. The van der Waals surface area contributed by atoms with E-state index in [4.69, 9.17) is 34.2 Å². The van der Waals surface area contributed by atoms with E-state index in [1.807, 2.05) is 13.8 Å². The van der Waals surface area contributed by atoms with Gasteiger partial charge >= 0.3 is 24.2 Å². The number of nitrogens with two attached hydrogens (primary N) is 1. The lowest BCUT2D eigenvalue weighted by atomic mass is 9.88. The number of methoxy groups -OCH3 is 1. The minimum Gasteiger partial charge on any atom is -0.468 e. The maximum absolute atomic E-state index is 12.7. The van der Waals surface area contributed by atoms with Crippen molar-refractivity contribution in [2.75, 3.05) is 13.7 Å². The predicted molar refractivity (Wildman–Crippen MR) is 147 cm³/mol. The van der Waals surface area contributed by atoms with E-state index in [0.717, 1.165) is 0 Å². The van der Waals surface area contributed by atoms with Crippen LogP contribution in [0.25, 0.3) is 0 Å². The molecule has 0 amide bonds. The first-order valence-electron chi connectivity index (χ1n) is 13.3. The number of carbonyl (C=O) groups is 4. The molecular weight excluding hydrogens is 522 g/mol. The van der Waals surface area contributed by atoms with Crippen molar-refractivity contribution >= 4 is 24.2 Å². The lowest BCUT2D eigenvalue weighted by Crippen LogP contribution is -2.51. The molecule has 0 unspecified atom stereocenters. The zero-order chi connectivity index (χ0) is 30.9. The molecule has 1 atom stereocenters. The van der Waals surface area contributed by atoms with Crippen LogP contribution in [0.3, 0.4) is 0 Å². The predicted octanol–water partition coefficient (Wildman–Crippen LogP) is 5.49. The maximum atomic E-state index is 12.7. The van der Waals surface area contributed by atoms with E-state index >= 15 is 0 Å². The van der Waals surface area contributed by atoms with Crippen molar-refractivity contribution < 1.29 is 47.6 Å². The topological polar surface area (TPSA) is 150 Å². The molecule has 11 nitrogen and oxygen atoms in total. The first-order chi connectivity index (χ1) is 18.3. The van der Waals surface area contributed by atoms with Crippen LogP contribution in [0.15, 0.2) is 18.2 Å². The normalized spacial score (nSPS) is 13.5. The van der Waals surface area contributed by atoms with Crippen molar-refractivity contribution in [2.45, 2.75) is 105 Å². The third-order valence-electron chi connectivity index (χ3n) is 6.32. The summed E-state index contributed by atoms with van der Waals surface area (Å²) in [6, 6.07) is 4.34. The Balaban J connectivity index is 3.30. The van der Waals surface area contributed by atoms with E-state index in [1.54, 1.807) is 54.5 Å². The van der Waals surface area contributed by atoms with Crippen LogP contribution in [0.1, 0.15) is 87.1 Å². The van der Waals surface area contributed by atoms with Crippen LogP contribution in [-0.4, -0.2) is 54.7 Å². The smallest absolute Gasteiger partial charge is 0.468 e. The van der Waals surface area contributed by atoms with E-state index in [1.165, 1.54) is 19.2 Å². The lowest BCUT2D eigenvalue weighted by Gasteiger charge is -2.27. The van der Waals surface area contributed by atoms with Crippen molar-refractivity contribution in [2.24, 2.45) is 11.1 Å². The van der Waals surface area contributed by atoms with Gasteiger partial charge in [-0.2, -0.15) is 0 Å². The second-order valence-corrected chi connectivity index (χ2v) is 11.9. The van der Waals surface area contributed by atoms with Gasteiger partial charge in [-0.05, 0) is 79.0 Å². The molecule has 11 heteroatoms. The number of benzene rings is 1. The van der Waals surface area contributed by atoms with Gasteiger partial charge in [0.05, 0.1) is 19.1 Å². The molecule has 1 aromatic carbocycles. The van der Waals surface area contributed by atoms with Crippen LogP contribution in [0.5, 0.6) is 11.5 Å². The van der Waals surface area contributed by atoms with Crippen LogP contribution in [-0.2, 0) is 35.0 Å². The van der Waals surface area contributed by atoms with Crippen molar-refractivity contribution in [1.82, 2.24) is 0 Å². The van der Waals surface area contributed by atoms with Crippen molar-refractivity contribution in [1.29, 1.82) is 0 Å². The van der Waals surface area contributed by atoms with Crippen LogP contribution in [0.2, 0.25) is 0 Å². The van der Waals surface area contributed by atoms with Gasteiger partial charge in [0.2, 0.25) is 0 Å². The van der Waals surface area contributed by atoms with Gasteiger partial charge in [0.15, 0.2) is 11.5 Å². The third-order valence-corrected chi connectivity index (χ3v) is 6.32. The molecule has 0 bridgehead atoms. The zero-order valence-electron chi connectivity index (χ0n) is 25.4. The number of rotatable bonds is 12. The monoisotopic (exact) mass is 567 g/mol. The summed E-state index contributed by atoms with van der Waals surface area (Å²) in [7, 11) is 1.20. The molecule has 1 aromatic rings. The van der Waals surface area contributed by atoms with Crippen LogP contribution >= 0.6 is 0 Å². The molecule has 1 rings (SSSR count). The standard InChI is InChI=1S/C29H45NO10/c1-11-27(6,7)39-24(33)37-20-14-13-19(17-21(20)38-25(34)40-28(8,9)12-2)18-29(30,23(32)35-10)15-16-36-22(31)26(3,4)5/h13-14,17H,11-12,15-16,18,30H2,1-10H3/t29-/m1/s1. The number of hydrogen-bond donors (Lipinski definition) is 1. The molecule has 0 saturated heterocycles. The Morgan fingerprint density at radius 1 is 0.775 bits per heavy atom. The SMILES string of the molecule is CCC(C)(C)OC(=O)Oc1ccc(C[C@](N)(CCOC(=O)C(C)(C)C)C(=O)OC)cc1OC(=O)OC(C)(C)CC. The Hall–Kier alpha value is -3.34. The third kappa shape index (κ3) is 11.0. The average molecular weight is 568 g/mol. The molecule has 0 aliphatic rings. The summed E-state index contributed by atoms with van der Waals surface area (Å²) in [4.78, 5) is 49.8. The van der Waals surface area contributed by atoms with E-state index in [-0.39, 0.29) is 30.9 Å². The van der Waals surface area contributed by atoms with E-state index in [9.17, 15) is 19.2 Å². The second-order valence-electron chi connectivity index (χ2n) is 11.9. The molecule has 0 aliphatic heterocycles. The lowest BCUT2D eigenvalue weighted by molar-refractivity contribution is -0.156. The van der Waals surface area contributed by atoms with E-state index in [0.29, 0.717) is 18.4 Å². The average Bonchev–Trinajstić information content (AvgIpc) is 2.83. The zero-order valence-corrected chi connectivity index (χ0v) is 25.4. The molecular formula is C29H45NO10. The minimum atomic E-state index is -1.58. The number of esters is 2. The molecule has 0 radical (unpaired) electrons. The largest absolute Gasteiger partial charge is 0.514 e. The Labute approximate surface area is 236 Å². The molecule has 40 heavy (non-hydrogen) atoms. The molecule has 0 saturated carbocycles. The fourth-order valence-corrected chi connectivity index (χ4v) is 3.02. The highest BCUT2D eigenvalue weighted by atomic mass is 16.8. The maximum Gasteiger partial charge on any atom is 0.514 e. The van der Waals surface area contributed by atoms with Gasteiger partial charge in [-0.1, -0.05) is 19.9 Å². The first-order valence-corrected chi connectivity index (χ1v) is 13.3. The molecule has 0 heterocycles. The summed E-state index contributed by atoms with van der Waals surface area (Å²) in [5.41, 5.74) is 2.99. The Morgan fingerprint density at radius 2 is 1.27 bits per heavy atom. The van der Waals surface area contributed by atoms with Gasteiger partial charge in [-0.3, -0.25) is 9.59 Å². The molecule has 0 aliphatic carbocycles. The van der Waals surface area contributed by atoms with Crippen molar-refractivity contribution in [3.05, 3.63) is 23.8 Å². The summed E-state index contributed by atoms with van der Waals surface area (Å²) < 4.78 is 31.7. The quantitative estimate of drug-likeness (QED) is 0.194. The Kier molecular flexibility index (Phi) is 12.0. The van der Waals surface area contributed by atoms with Crippen LogP contribution in [0.4, 0.5) is 9.59 Å². The van der Waals surface area contributed by atoms with E-state index < -0.39 is 46.4 Å². The van der Waals surface area contributed by atoms with Gasteiger partial charge in [0.1, 0.15) is 16.7 Å². The van der Waals surface area contributed by atoms with Gasteiger partial charge < -0.3 is 34.2 Å². The second kappa shape index (κ2) is 13.8. The highest BCUT2D eigenvalue weighted by Crippen LogP contribution is 2.32. The van der Waals surface area contributed by atoms with Gasteiger partial charge in [-0.25, -0.2) is 9.59 Å². The van der Waals surface area contributed by atoms with Crippen molar-refractivity contribution in [3.8, 4) is 11.5 Å². The molecule has 0 aromatic heterocycles. The summed E-state index contributed by atoms with van der Waals surface area (Å²) in [5, 5.41) is 0. The summed E-state index contributed by atoms with van der Waals surface area (Å²) in [6.07, 6.45) is -1.06. The van der Waals surface area contributed by atoms with E-state index in [2.05, 4.69) is 0 Å². The molecule has 0 spiro atoms. The van der Waals surface area contributed by atoms with Gasteiger partial charge in [0, 0.05) is 12.8 Å². The number of carbonyl (C=O) groups excluding carboxylic acids is 4. The summed E-state index contributed by atoms with van der Waals surface area (Å²) in [6.45, 7) is 15.6. The highest BCUT2D eigenvalue weighted by molar-refractivity contribution is 5.81. The molecule has 0 fully saturated rings. The molecule has 2 N–H and O–H groups in total. The minimum absolute atomic E-state index is 0.0406. The summed E-state index contributed by atoms with van der Waals surface area (Å²) in [5.74, 6) is -1.42. The molecule has 226 valence electrons. The van der Waals surface area contributed by atoms with Crippen LogP contribution < -0.4 is 15.2 Å². The summed E-state index contributed by atoms with van der Waals surface area (Å²) >= 11 is 0.